The van der Waals surface area contributed by atoms with Crippen LogP contribution >= 0.6 is 12.4 Å². The van der Waals surface area contributed by atoms with Crippen LogP contribution in [0.1, 0.15) is 5.56 Å². The highest BCUT2D eigenvalue weighted by molar-refractivity contribution is 5.85. The first kappa shape index (κ1) is 9.27. The van der Waals surface area contributed by atoms with Crippen LogP contribution < -0.4 is 10.7 Å². The van der Waals surface area contributed by atoms with E-state index in [1.165, 1.54) is 5.56 Å². The van der Waals surface area contributed by atoms with E-state index in [1.807, 2.05) is 31.2 Å². The molecule has 0 radical (unpaired) electrons. The van der Waals surface area contributed by atoms with Gasteiger partial charge in [0.2, 0.25) is 0 Å². The molecule has 10 heavy (non-hydrogen) atoms. The van der Waals surface area contributed by atoms with E-state index in [0.717, 1.165) is 0 Å². The zero-order chi connectivity index (χ0) is 6.69. The average Bonchev–Trinajstić information content (AvgIpc) is 1.90. The minimum atomic E-state index is 0. The molecule has 0 heterocycles. The summed E-state index contributed by atoms with van der Waals surface area (Å²) in [6, 6.07) is 7.55. The second-order valence-electron chi connectivity index (χ2n) is 1.93. The predicted octanol–water partition coefficient (Wildman–Crippen LogP) is 1.67. The predicted molar refractivity (Wildman–Crippen MR) is 43.2 cm³/mol. The Morgan fingerprint density at radius 1 is 1.20 bits per heavy atom. The molecule has 0 saturated heterocycles. The van der Waals surface area contributed by atoms with E-state index in [9.17, 15) is 0 Å². The van der Waals surface area contributed by atoms with Crippen LogP contribution in [-0.4, -0.2) is 0 Å². The molecule has 0 unspecified atom stereocenters. The summed E-state index contributed by atoms with van der Waals surface area (Å²) in [4.78, 5) is 4.47. The summed E-state index contributed by atoms with van der Waals surface area (Å²) < 4.78 is 0. The van der Waals surface area contributed by atoms with E-state index in [4.69, 9.17) is 5.90 Å². The molecule has 56 valence electrons. The van der Waals surface area contributed by atoms with Gasteiger partial charge < -0.3 is 4.84 Å². The van der Waals surface area contributed by atoms with Crippen LogP contribution in [0, 0.1) is 6.92 Å². The zero-order valence-corrected chi connectivity index (χ0v) is 6.52. The highest BCUT2D eigenvalue weighted by Crippen LogP contribution is 2.08. The Morgan fingerprint density at radius 3 is 2.10 bits per heavy atom. The van der Waals surface area contributed by atoms with Gasteiger partial charge >= 0.3 is 0 Å². The molecule has 0 saturated carbocycles. The van der Waals surface area contributed by atoms with E-state index >= 15 is 0 Å². The van der Waals surface area contributed by atoms with Gasteiger partial charge in [-0.05, 0) is 19.1 Å². The summed E-state index contributed by atoms with van der Waals surface area (Å²) >= 11 is 0. The lowest BCUT2D eigenvalue weighted by Gasteiger charge is -1.95. The van der Waals surface area contributed by atoms with Crippen LogP contribution in [0.5, 0.6) is 5.75 Å². The van der Waals surface area contributed by atoms with E-state index in [0.29, 0.717) is 5.75 Å². The van der Waals surface area contributed by atoms with Crippen molar-refractivity contribution in [1.29, 1.82) is 0 Å². The largest absolute Gasteiger partial charge is 0.412 e. The highest BCUT2D eigenvalue weighted by atomic mass is 35.5. The van der Waals surface area contributed by atoms with Gasteiger partial charge in [0, 0.05) is 0 Å². The maximum atomic E-state index is 4.90. The molecule has 0 fully saturated rings. The Morgan fingerprint density at radius 2 is 1.70 bits per heavy atom. The van der Waals surface area contributed by atoms with Gasteiger partial charge in [-0.25, -0.2) is 0 Å². The molecule has 1 aromatic rings. The van der Waals surface area contributed by atoms with Crippen molar-refractivity contribution in [2.24, 2.45) is 5.90 Å². The summed E-state index contributed by atoms with van der Waals surface area (Å²) in [6.45, 7) is 2.01. The van der Waals surface area contributed by atoms with Crippen molar-refractivity contribution in [3.63, 3.8) is 0 Å². The molecule has 1 aromatic carbocycles. The van der Waals surface area contributed by atoms with Crippen molar-refractivity contribution in [2.45, 2.75) is 6.92 Å². The molecule has 2 N–H and O–H groups in total. The number of benzene rings is 1. The van der Waals surface area contributed by atoms with Crippen LogP contribution in [0.3, 0.4) is 0 Å². The van der Waals surface area contributed by atoms with Gasteiger partial charge in [-0.1, -0.05) is 17.7 Å². The molecule has 1 rings (SSSR count). The van der Waals surface area contributed by atoms with Crippen LogP contribution in [-0.2, 0) is 0 Å². The molecule has 0 aliphatic rings. The van der Waals surface area contributed by atoms with E-state index in [1.54, 1.807) is 0 Å². The summed E-state index contributed by atoms with van der Waals surface area (Å²) in [5, 5.41) is 0. The number of halogens is 1. The lowest BCUT2D eigenvalue weighted by atomic mass is 10.2. The molecule has 0 aliphatic heterocycles. The maximum absolute atomic E-state index is 4.90. The molecule has 0 amide bonds. The Balaban J connectivity index is 0.000000810. The highest BCUT2D eigenvalue weighted by Gasteiger charge is 1.86. The van der Waals surface area contributed by atoms with Crippen LogP contribution in [0.2, 0.25) is 0 Å². The molecule has 0 spiro atoms. The quantitative estimate of drug-likeness (QED) is 0.633. The normalized spacial score (nSPS) is 8.20. The first-order valence-electron chi connectivity index (χ1n) is 2.76. The molecular formula is C7H10ClNO. The second-order valence-corrected chi connectivity index (χ2v) is 1.93. The first-order valence-corrected chi connectivity index (χ1v) is 2.76. The van der Waals surface area contributed by atoms with Crippen molar-refractivity contribution in [2.75, 3.05) is 0 Å². The smallest absolute Gasteiger partial charge is 0.146 e. The fourth-order valence-electron chi connectivity index (χ4n) is 0.617. The average molecular weight is 160 g/mol. The molecule has 3 heteroatoms. The van der Waals surface area contributed by atoms with Crippen molar-refractivity contribution in [3.05, 3.63) is 29.8 Å². The number of aryl methyl sites for hydroxylation is 1. The minimum absolute atomic E-state index is 0. The SMILES string of the molecule is Cc1ccc(ON)cc1.Cl. The van der Waals surface area contributed by atoms with Gasteiger partial charge in [0.1, 0.15) is 5.75 Å². The second kappa shape index (κ2) is 4.14. The molecule has 0 atom stereocenters. The summed E-state index contributed by atoms with van der Waals surface area (Å²) in [7, 11) is 0. The third kappa shape index (κ3) is 2.25. The van der Waals surface area contributed by atoms with Crippen LogP contribution in [0.4, 0.5) is 0 Å². The van der Waals surface area contributed by atoms with Crippen molar-refractivity contribution >= 4 is 12.4 Å². The van der Waals surface area contributed by atoms with E-state index in [-0.39, 0.29) is 12.4 Å². The lowest BCUT2D eigenvalue weighted by Crippen LogP contribution is -2.00. The van der Waals surface area contributed by atoms with Crippen molar-refractivity contribution < 1.29 is 4.84 Å². The topological polar surface area (TPSA) is 35.2 Å². The molecular weight excluding hydrogens is 150 g/mol. The Hall–Kier alpha value is -0.730. The fourth-order valence-corrected chi connectivity index (χ4v) is 0.617. The molecule has 2 nitrogen and oxygen atoms in total. The monoisotopic (exact) mass is 159 g/mol. The maximum Gasteiger partial charge on any atom is 0.146 e. The van der Waals surface area contributed by atoms with Gasteiger partial charge in [0.25, 0.3) is 0 Å². The fraction of sp³-hybridized carbons (Fsp3) is 0.143. The van der Waals surface area contributed by atoms with Gasteiger partial charge in [0.05, 0.1) is 0 Å². The number of hydrogen-bond acceptors (Lipinski definition) is 2. The Kier molecular flexibility index (Phi) is 3.84. The first-order chi connectivity index (χ1) is 4.33. The van der Waals surface area contributed by atoms with Crippen LogP contribution in [0.25, 0.3) is 0 Å². The summed E-state index contributed by atoms with van der Waals surface area (Å²) in [6.07, 6.45) is 0. The van der Waals surface area contributed by atoms with Gasteiger partial charge in [-0.15, -0.1) is 12.4 Å². The molecule has 0 aliphatic carbocycles. The third-order valence-electron chi connectivity index (χ3n) is 1.16. The number of rotatable bonds is 1. The van der Waals surface area contributed by atoms with Crippen molar-refractivity contribution in [1.82, 2.24) is 0 Å². The van der Waals surface area contributed by atoms with Gasteiger partial charge in [-0.2, -0.15) is 5.90 Å². The van der Waals surface area contributed by atoms with Gasteiger partial charge in [-0.3, -0.25) is 0 Å². The van der Waals surface area contributed by atoms with E-state index in [2.05, 4.69) is 4.84 Å². The van der Waals surface area contributed by atoms with Crippen LogP contribution in [0.15, 0.2) is 24.3 Å². The third-order valence-corrected chi connectivity index (χ3v) is 1.16. The van der Waals surface area contributed by atoms with Gasteiger partial charge in [0.15, 0.2) is 0 Å². The number of hydrogen-bond donors (Lipinski definition) is 1. The Labute approximate surface area is 66.4 Å². The van der Waals surface area contributed by atoms with Crippen molar-refractivity contribution in [3.8, 4) is 5.75 Å². The zero-order valence-electron chi connectivity index (χ0n) is 5.70. The lowest BCUT2D eigenvalue weighted by molar-refractivity contribution is 0.334. The Bertz CT molecular complexity index is 185. The molecule has 0 aromatic heterocycles. The number of nitrogens with two attached hydrogens (primary N) is 1. The standard InChI is InChI=1S/C7H9NO.ClH/c1-6-2-4-7(9-8)5-3-6;/h2-5H,8H2,1H3;1H. The minimum Gasteiger partial charge on any atom is -0.412 e. The summed E-state index contributed by atoms with van der Waals surface area (Å²) in [5.74, 6) is 5.59. The van der Waals surface area contributed by atoms with E-state index < -0.39 is 0 Å². The summed E-state index contributed by atoms with van der Waals surface area (Å²) in [5.41, 5.74) is 1.20. The molecule has 0 bridgehead atoms.